The van der Waals surface area contributed by atoms with Crippen LogP contribution in [0.3, 0.4) is 0 Å². The predicted octanol–water partition coefficient (Wildman–Crippen LogP) is 3.19. The summed E-state index contributed by atoms with van der Waals surface area (Å²) in [6, 6.07) is 3.98. The average Bonchev–Trinajstić information content (AvgIpc) is 3.12. The Hall–Kier alpha value is -2.46. The average molecular weight is 414 g/mol. The Morgan fingerprint density at radius 3 is 2.36 bits per heavy atom. The molecule has 0 aliphatic heterocycles. The summed E-state index contributed by atoms with van der Waals surface area (Å²) in [4.78, 5) is 32.2. The predicted molar refractivity (Wildman–Crippen MR) is 101 cm³/mol. The van der Waals surface area contributed by atoms with Crippen molar-refractivity contribution in [1.29, 1.82) is 0 Å². The fraction of sp³-hybridized carbons (Fsp3) is 0.389. The van der Waals surface area contributed by atoms with Crippen LogP contribution in [-0.4, -0.2) is 60.3 Å². The Bertz CT molecular complexity index is 777. The van der Waals surface area contributed by atoms with E-state index >= 15 is 0 Å². The van der Waals surface area contributed by atoms with E-state index in [0.29, 0.717) is 24.6 Å². The molecular formula is C18H21F3N4O2S. The summed E-state index contributed by atoms with van der Waals surface area (Å²) < 4.78 is 38.1. The third-order valence-electron chi connectivity index (χ3n) is 3.79. The Balaban J connectivity index is 2.10. The van der Waals surface area contributed by atoms with Gasteiger partial charge in [-0.25, -0.2) is 4.98 Å². The van der Waals surface area contributed by atoms with E-state index in [1.807, 2.05) is 19.0 Å². The SMILES string of the molecule is CN(C)CCCN(CC(=O)Nc1nccs1)C(=O)c1ccc(C(F)(F)F)cc1. The maximum atomic E-state index is 12.8. The van der Waals surface area contributed by atoms with Gasteiger partial charge in [0.05, 0.1) is 5.56 Å². The molecular weight excluding hydrogens is 393 g/mol. The van der Waals surface area contributed by atoms with E-state index in [1.54, 1.807) is 11.6 Å². The number of benzene rings is 1. The monoisotopic (exact) mass is 414 g/mol. The van der Waals surface area contributed by atoms with Crippen LogP contribution in [0.2, 0.25) is 0 Å². The molecule has 0 unspecified atom stereocenters. The number of nitrogens with one attached hydrogen (secondary N) is 1. The number of carbonyl (C=O) groups is 2. The molecule has 1 N–H and O–H groups in total. The van der Waals surface area contributed by atoms with Gasteiger partial charge in [0.1, 0.15) is 6.54 Å². The van der Waals surface area contributed by atoms with Crippen LogP contribution in [0.5, 0.6) is 0 Å². The second-order valence-corrected chi connectivity index (χ2v) is 7.24. The lowest BCUT2D eigenvalue weighted by molar-refractivity contribution is -0.137. The van der Waals surface area contributed by atoms with Crippen LogP contribution in [0, 0.1) is 0 Å². The Kier molecular flexibility index (Phi) is 7.53. The molecule has 6 nitrogen and oxygen atoms in total. The lowest BCUT2D eigenvalue weighted by Crippen LogP contribution is -2.39. The van der Waals surface area contributed by atoms with Gasteiger partial charge in [0.2, 0.25) is 5.91 Å². The van der Waals surface area contributed by atoms with Gasteiger partial charge in [-0.2, -0.15) is 13.2 Å². The van der Waals surface area contributed by atoms with Crippen LogP contribution < -0.4 is 5.32 Å². The number of amides is 2. The van der Waals surface area contributed by atoms with Crippen molar-refractivity contribution in [1.82, 2.24) is 14.8 Å². The van der Waals surface area contributed by atoms with Crippen molar-refractivity contribution in [2.45, 2.75) is 12.6 Å². The third kappa shape index (κ3) is 6.61. The molecule has 152 valence electrons. The number of hydrogen-bond acceptors (Lipinski definition) is 5. The van der Waals surface area contributed by atoms with Crippen molar-refractivity contribution in [3.05, 3.63) is 47.0 Å². The highest BCUT2D eigenvalue weighted by Crippen LogP contribution is 2.29. The number of halogens is 3. The van der Waals surface area contributed by atoms with Gasteiger partial charge in [-0.3, -0.25) is 9.59 Å². The first kappa shape index (κ1) is 21.8. The lowest BCUT2D eigenvalue weighted by Gasteiger charge is -2.23. The molecule has 0 atom stereocenters. The molecule has 1 heterocycles. The molecule has 0 aliphatic carbocycles. The van der Waals surface area contributed by atoms with Crippen molar-refractivity contribution in [2.75, 3.05) is 39.0 Å². The summed E-state index contributed by atoms with van der Waals surface area (Å²) in [5.74, 6) is -0.915. The van der Waals surface area contributed by atoms with Gasteiger partial charge in [-0.05, 0) is 51.3 Å². The standard InChI is InChI=1S/C18H21F3N4O2S/c1-24(2)9-3-10-25(12-15(26)23-17-22-8-11-28-17)16(27)13-4-6-14(7-5-13)18(19,20)21/h4-8,11H,3,9-10,12H2,1-2H3,(H,22,23,26). The Morgan fingerprint density at radius 1 is 1.14 bits per heavy atom. The molecule has 1 aromatic carbocycles. The van der Waals surface area contributed by atoms with Crippen LogP contribution in [0.1, 0.15) is 22.3 Å². The van der Waals surface area contributed by atoms with Gasteiger partial charge in [0, 0.05) is 23.7 Å². The number of nitrogens with zero attached hydrogens (tertiary/aromatic N) is 3. The fourth-order valence-electron chi connectivity index (χ4n) is 2.43. The normalized spacial score (nSPS) is 11.5. The van der Waals surface area contributed by atoms with Crippen molar-refractivity contribution < 1.29 is 22.8 Å². The number of alkyl halides is 3. The molecule has 2 amide bonds. The van der Waals surface area contributed by atoms with Gasteiger partial charge in [0.15, 0.2) is 5.13 Å². The molecule has 0 saturated carbocycles. The molecule has 0 aliphatic rings. The molecule has 0 radical (unpaired) electrons. The van der Waals surface area contributed by atoms with Gasteiger partial charge in [-0.1, -0.05) is 0 Å². The number of thiazole rings is 1. The second-order valence-electron chi connectivity index (χ2n) is 6.34. The van der Waals surface area contributed by atoms with Crippen molar-refractivity contribution in [3.63, 3.8) is 0 Å². The first-order valence-electron chi connectivity index (χ1n) is 8.47. The number of hydrogen-bond donors (Lipinski definition) is 1. The summed E-state index contributed by atoms with van der Waals surface area (Å²) >= 11 is 1.25. The highest BCUT2D eigenvalue weighted by atomic mass is 32.1. The van der Waals surface area contributed by atoms with Crippen LogP contribution in [0.15, 0.2) is 35.8 Å². The zero-order chi connectivity index (χ0) is 20.7. The molecule has 1 aromatic heterocycles. The number of anilines is 1. The third-order valence-corrected chi connectivity index (χ3v) is 4.48. The topological polar surface area (TPSA) is 65.5 Å². The smallest absolute Gasteiger partial charge is 0.329 e. The molecule has 0 bridgehead atoms. The van der Waals surface area contributed by atoms with E-state index in [0.717, 1.165) is 24.3 Å². The fourth-order valence-corrected chi connectivity index (χ4v) is 2.98. The van der Waals surface area contributed by atoms with Crippen molar-refractivity contribution in [3.8, 4) is 0 Å². The summed E-state index contributed by atoms with van der Waals surface area (Å²) in [6.45, 7) is 0.779. The number of rotatable bonds is 8. The molecule has 28 heavy (non-hydrogen) atoms. The van der Waals surface area contributed by atoms with Gasteiger partial charge >= 0.3 is 6.18 Å². The Morgan fingerprint density at radius 2 is 1.82 bits per heavy atom. The molecule has 0 fully saturated rings. The molecule has 2 rings (SSSR count). The summed E-state index contributed by atoms with van der Waals surface area (Å²) in [5.41, 5.74) is -0.732. The molecule has 10 heteroatoms. The van der Waals surface area contributed by atoms with Crippen LogP contribution in [0.25, 0.3) is 0 Å². The summed E-state index contributed by atoms with van der Waals surface area (Å²) in [7, 11) is 3.77. The van der Waals surface area contributed by atoms with Crippen LogP contribution >= 0.6 is 11.3 Å². The zero-order valence-corrected chi connectivity index (χ0v) is 16.3. The number of aromatic nitrogens is 1. The van der Waals surface area contributed by atoms with E-state index in [1.165, 1.54) is 16.2 Å². The van der Waals surface area contributed by atoms with Gasteiger partial charge < -0.3 is 15.1 Å². The van der Waals surface area contributed by atoms with Gasteiger partial charge in [0.25, 0.3) is 5.91 Å². The van der Waals surface area contributed by atoms with E-state index in [9.17, 15) is 22.8 Å². The molecule has 0 spiro atoms. The maximum Gasteiger partial charge on any atom is 0.416 e. The van der Waals surface area contributed by atoms with E-state index in [4.69, 9.17) is 0 Å². The molecule has 2 aromatic rings. The minimum Gasteiger partial charge on any atom is -0.329 e. The van der Waals surface area contributed by atoms with Crippen LogP contribution in [-0.2, 0) is 11.0 Å². The Labute approximate surface area is 165 Å². The number of carbonyl (C=O) groups excluding carboxylic acids is 2. The first-order chi connectivity index (χ1) is 13.2. The lowest BCUT2D eigenvalue weighted by atomic mass is 10.1. The van der Waals surface area contributed by atoms with Crippen molar-refractivity contribution in [2.24, 2.45) is 0 Å². The summed E-state index contributed by atoms with van der Waals surface area (Å²) in [5, 5.41) is 4.73. The maximum absolute atomic E-state index is 12.8. The second kappa shape index (κ2) is 9.65. The highest BCUT2D eigenvalue weighted by Gasteiger charge is 2.30. The minimum atomic E-state index is -4.47. The van der Waals surface area contributed by atoms with Crippen LogP contribution in [0.4, 0.5) is 18.3 Å². The largest absolute Gasteiger partial charge is 0.416 e. The van der Waals surface area contributed by atoms with Crippen molar-refractivity contribution >= 4 is 28.3 Å². The molecule has 0 saturated heterocycles. The quantitative estimate of drug-likeness (QED) is 0.721. The van der Waals surface area contributed by atoms with Gasteiger partial charge in [-0.15, -0.1) is 11.3 Å². The van der Waals surface area contributed by atoms with E-state index < -0.39 is 23.6 Å². The zero-order valence-electron chi connectivity index (χ0n) is 15.5. The highest BCUT2D eigenvalue weighted by molar-refractivity contribution is 7.13. The first-order valence-corrected chi connectivity index (χ1v) is 9.35. The van der Waals surface area contributed by atoms with E-state index in [2.05, 4.69) is 10.3 Å². The minimum absolute atomic E-state index is 0.0971. The summed E-state index contributed by atoms with van der Waals surface area (Å²) in [6.07, 6.45) is -2.31. The van der Waals surface area contributed by atoms with E-state index in [-0.39, 0.29) is 12.1 Å².